The fourth-order valence-corrected chi connectivity index (χ4v) is 1.95. The zero-order chi connectivity index (χ0) is 12.3. The summed E-state index contributed by atoms with van der Waals surface area (Å²) in [5.41, 5.74) is 3.92. The van der Waals surface area contributed by atoms with E-state index in [1.54, 1.807) is 6.20 Å². The fourth-order valence-electron chi connectivity index (χ4n) is 1.95. The van der Waals surface area contributed by atoms with Crippen molar-refractivity contribution in [1.29, 1.82) is 0 Å². The van der Waals surface area contributed by atoms with Gasteiger partial charge in [0.15, 0.2) is 0 Å². The molecule has 0 aliphatic heterocycles. The van der Waals surface area contributed by atoms with Crippen LogP contribution in [0, 0.1) is 6.92 Å². The summed E-state index contributed by atoms with van der Waals surface area (Å²) in [5.74, 6) is 0. The second-order valence-corrected chi connectivity index (χ2v) is 4.18. The number of aliphatic hydroxyl groups excluding tert-OH is 1. The Morgan fingerprint density at radius 1 is 1.24 bits per heavy atom. The predicted octanol–water partition coefficient (Wildman–Crippen LogP) is 3.03. The monoisotopic (exact) mass is 227 g/mol. The fraction of sp³-hybridized carbons (Fsp3) is 0.267. The van der Waals surface area contributed by atoms with Gasteiger partial charge in [0, 0.05) is 17.5 Å². The van der Waals surface area contributed by atoms with Gasteiger partial charge in [-0.05, 0) is 30.5 Å². The molecule has 1 aromatic carbocycles. The van der Waals surface area contributed by atoms with Crippen molar-refractivity contribution in [2.24, 2.45) is 0 Å². The molecule has 0 saturated carbocycles. The molecule has 1 unspecified atom stereocenters. The van der Waals surface area contributed by atoms with Crippen LogP contribution in [0.1, 0.15) is 35.4 Å². The Morgan fingerprint density at radius 2 is 2.06 bits per heavy atom. The van der Waals surface area contributed by atoms with Crippen molar-refractivity contribution in [3.63, 3.8) is 0 Å². The molecule has 2 heteroatoms. The maximum atomic E-state index is 10.4. The van der Waals surface area contributed by atoms with Crippen LogP contribution < -0.4 is 0 Å². The van der Waals surface area contributed by atoms with Crippen molar-refractivity contribution in [2.45, 2.75) is 26.4 Å². The van der Waals surface area contributed by atoms with Crippen molar-refractivity contribution in [3.05, 3.63) is 65.0 Å². The highest BCUT2D eigenvalue weighted by Gasteiger charge is 2.13. The summed E-state index contributed by atoms with van der Waals surface area (Å²) in [5, 5.41) is 10.4. The van der Waals surface area contributed by atoms with Gasteiger partial charge in [-0.2, -0.15) is 0 Å². The quantitative estimate of drug-likeness (QED) is 0.874. The van der Waals surface area contributed by atoms with E-state index in [1.165, 1.54) is 5.56 Å². The maximum absolute atomic E-state index is 10.4. The molecular weight excluding hydrogens is 210 g/mol. The Balaban J connectivity index is 2.37. The number of aromatic nitrogens is 1. The zero-order valence-electron chi connectivity index (χ0n) is 10.2. The normalized spacial score (nSPS) is 12.4. The lowest BCUT2D eigenvalue weighted by Gasteiger charge is -2.14. The Bertz CT molecular complexity index is 508. The summed E-state index contributed by atoms with van der Waals surface area (Å²) < 4.78 is 0. The molecule has 1 atom stereocenters. The second-order valence-electron chi connectivity index (χ2n) is 4.18. The number of aliphatic hydroxyl groups is 1. The van der Waals surface area contributed by atoms with Crippen molar-refractivity contribution in [1.82, 2.24) is 4.98 Å². The summed E-state index contributed by atoms with van der Waals surface area (Å²) in [4.78, 5) is 4.21. The Hall–Kier alpha value is -1.67. The minimum Gasteiger partial charge on any atom is -0.384 e. The molecule has 0 radical (unpaired) electrons. The van der Waals surface area contributed by atoms with E-state index in [0.29, 0.717) is 0 Å². The van der Waals surface area contributed by atoms with Crippen LogP contribution in [0.15, 0.2) is 42.6 Å². The molecule has 1 heterocycles. The molecule has 0 saturated heterocycles. The van der Waals surface area contributed by atoms with E-state index in [-0.39, 0.29) is 0 Å². The first kappa shape index (κ1) is 11.8. The summed E-state index contributed by atoms with van der Waals surface area (Å²) in [6, 6.07) is 11.9. The summed E-state index contributed by atoms with van der Waals surface area (Å²) in [6.45, 7) is 4.03. The number of benzene rings is 1. The van der Waals surface area contributed by atoms with Crippen molar-refractivity contribution in [2.75, 3.05) is 0 Å². The van der Waals surface area contributed by atoms with Gasteiger partial charge in [0.2, 0.25) is 0 Å². The van der Waals surface area contributed by atoms with Crippen LogP contribution in [0.25, 0.3) is 0 Å². The lowest BCUT2D eigenvalue weighted by molar-refractivity contribution is 0.219. The molecule has 2 aromatic rings. The van der Waals surface area contributed by atoms with E-state index < -0.39 is 6.10 Å². The first-order valence-electron chi connectivity index (χ1n) is 5.90. The summed E-state index contributed by atoms with van der Waals surface area (Å²) >= 11 is 0. The van der Waals surface area contributed by atoms with Crippen LogP contribution >= 0.6 is 0 Å². The first-order chi connectivity index (χ1) is 8.22. The Labute approximate surface area is 102 Å². The van der Waals surface area contributed by atoms with Crippen LogP contribution in [-0.4, -0.2) is 10.1 Å². The van der Waals surface area contributed by atoms with E-state index in [4.69, 9.17) is 0 Å². The lowest BCUT2D eigenvalue weighted by Crippen LogP contribution is -2.03. The molecule has 88 valence electrons. The maximum Gasteiger partial charge on any atom is 0.106 e. The highest BCUT2D eigenvalue weighted by Crippen LogP contribution is 2.24. The van der Waals surface area contributed by atoms with Crippen molar-refractivity contribution >= 4 is 0 Å². The highest BCUT2D eigenvalue weighted by molar-refractivity contribution is 5.34. The number of nitrogens with zero attached hydrogens (tertiary/aromatic N) is 1. The third-order valence-corrected chi connectivity index (χ3v) is 3.02. The number of pyridine rings is 1. The van der Waals surface area contributed by atoms with Gasteiger partial charge in [-0.3, -0.25) is 4.98 Å². The highest BCUT2D eigenvalue weighted by atomic mass is 16.3. The van der Waals surface area contributed by atoms with Gasteiger partial charge < -0.3 is 5.11 Å². The van der Waals surface area contributed by atoms with Crippen LogP contribution in [0.3, 0.4) is 0 Å². The lowest BCUT2D eigenvalue weighted by atomic mass is 9.98. The third kappa shape index (κ3) is 2.53. The van der Waals surface area contributed by atoms with Crippen LogP contribution in [0.4, 0.5) is 0 Å². The molecule has 2 nitrogen and oxygen atoms in total. The van der Waals surface area contributed by atoms with Gasteiger partial charge in [-0.15, -0.1) is 0 Å². The van der Waals surface area contributed by atoms with Crippen LogP contribution in [0.5, 0.6) is 0 Å². The van der Waals surface area contributed by atoms with Gasteiger partial charge in [0.05, 0.1) is 0 Å². The second kappa shape index (κ2) is 5.11. The topological polar surface area (TPSA) is 33.1 Å². The smallest absolute Gasteiger partial charge is 0.106 e. The number of hydrogen-bond acceptors (Lipinski definition) is 2. The Kier molecular flexibility index (Phi) is 3.55. The average Bonchev–Trinajstić information content (AvgIpc) is 2.38. The van der Waals surface area contributed by atoms with Crippen molar-refractivity contribution in [3.8, 4) is 0 Å². The largest absolute Gasteiger partial charge is 0.384 e. The van der Waals surface area contributed by atoms with E-state index in [1.807, 2.05) is 31.2 Å². The van der Waals surface area contributed by atoms with Crippen LogP contribution in [-0.2, 0) is 6.42 Å². The van der Waals surface area contributed by atoms with E-state index in [0.717, 1.165) is 23.2 Å². The SMILES string of the molecule is CCc1cccc(C(O)c2cccnc2C)c1. The molecule has 0 aliphatic carbocycles. The molecule has 1 aromatic heterocycles. The van der Waals surface area contributed by atoms with Gasteiger partial charge >= 0.3 is 0 Å². The predicted molar refractivity (Wildman–Crippen MR) is 68.9 cm³/mol. The standard InChI is InChI=1S/C15H17NO/c1-3-12-6-4-7-13(10-12)15(17)14-8-5-9-16-11(14)2/h4-10,15,17H,3H2,1-2H3. The van der Waals surface area contributed by atoms with E-state index in [2.05, 4.69) is 24.0 Å². The minimum absolute atomic E-state index is 0.588. The number of aryl methyl sites for hydroxylation is 2. The van der Waals surface area contributed by atoms with Gasteiger partial charge in [0.1, 0.15) is 6.10 Å². The third-order valence-electron chi connectivity index (χ3n) is 3.02. The minimum atomic E-state index is -0.588. The number of rotatable bonds is 3. The number of hydrogen-bond donors (Lipinski definition) is 1. The molecule has 0 spiro atoms. The van der Waals surface area contributed by atoms with Gasteiger partial charge in [-0.25, -0.2) is 0 Å². The van der Waals surface area contributed by atoms with E-state index in [9.17, 15) is 5.11 Å². The van der Waals surface area contributed by atoms with Gasteiger partial charge in [0.25, 0.3) is 0 Å². The molecule has 1 N–H and O–H groups in total. The summed E-state index contributed by atoms with van der Waals surface area (Å²) in [7, 11) is 0. The van der Waals surface area contributed by atoms with Gasteiger partial charge in [-0.1, -0.05) is 37.3 Å². The molecule has 2 rings (SSSR count). The first-order valence-corrected chi connectivity index (χ1v) is 5.90. The molecular formula is C15H17NO. The average molecular weight is 227 g/mol. The molecule has 0 amide bonds. The molecule has 0 aliphatic rings. The molecule has 17 heavy (non-hydrogen) atoms. The Morgan fingerprint density at radius 3 is 2.76 bits per heavy atom. The molecule has 0 bridgehead atoms. The zero-order valence-corrected chi connectivity index (χ0v) is 10.2. The van der Waals surface area contributed by atoms with E-state index >= 15 is 0 Å². The van der Waals surface area contributed by atoms with Crippen LogP contribution in [0.2, 0.25) is 0 Å². The molecule has 0 fully saturated rings. The summed E-state index contributed by atoms with van der Waals surface area (Å²) in [6.07, 6.45) is 2.14. The van der Waals surface area contributed by atoms with Crippen molar-refractivity contribution < 1.29 is 5.11 Å².